The van der Waals surface area contributed by atoms with Crippen LogP contribution in [0.5, 0.6) is 0 Å². The van der Waals surface area contributed by atoms with Gasteiger partial charge in [0.25, 0.3) is 0 Å². The van der Waals surface area contributed by atoms with Gasteiger partial charge >= 0.3 is 5.97 Å². The first-order valence-electron chi connectivity index (χ1n) is 7.69. The first-order chi connectivity index (χ1) is 9.79. The Kier molecular flexibility index (Phi) is 4.13. The molecule has 3 nitrogen and oxygen atoms in total. The summed E-state index contributed by atoms with van der Waals surface area (Å²) in [6.07, 6.45) is 4.17. The predicted octanol–water partition coefficient (Wildman–Crippen LogP) is 4.61. The van der Waals surface area contributed by atoms with Gasteiger partial charge in [-0.3, -0.25) is 0 Å². The fraction of sp³-hybridized carbons (Fsp3) is 0.500. The predicted molar refractivity (Wildman–Crippen MR) is 87.3 cm³/mol. The van der Waals surface area contributed by atoms with E-state index in [-0.39, 0.29) is 5.41 Å². The SMILES string of the molecule is CCCn1cc(CC)c2cc(C(=O)O)cc(C(C)(C)C)c21. The molecule has 2 rings (SSSR count). The zero-order valence-corrected chi connectivity index (χ0v) is 13.7. The summed E-state index contributed by atoms with van der Waals surface area (Å²) in [5.41, 5.74) is 3.85. The maximum atomic E-state index is 11.4. The van der Waals surface area contributed by atoms with Crippen molar-refractivity contribution in [1.29, 1.82) is 0 Å². The number of benzene rings is 1. The number of nitrogens with zero attached hydrogens (tertiary/aromatic N) is 1. The van der Waals surface area contributed by atoms with Gasteiger partial charge in [0.05, 0.1) is 11.1 Å². The molecule has 1 heterocycles. The number of hydrogen-bond donors (Lipinski definition) is 1. The highest BCUT2D eigenvalue weighted by Gasteiger charge is 2.23. The van der Waals surface area contributed by atoms with Crippen molar-refractivity contribution >= 4 is 16.9 Å². The molecular weight excluding hydrogens is 262 g/mol. The summed E-state index contributed by atoms with van der Waals surface area (Å²) in [5.74, 6) is -0.854. The second kappa shape index (κ2) is 5.55. The van der Waals surface area contributed by atoms with Crippen molar-refractivity contribution in [3.8, 4) is 0 Å². The van der Waals surface area contributed by atoms with Gasteiger partial charge in [-0.2, -0.15) is 0 Å². The Morgan fingerprint density at radius 1 is 1.24 bits per heavy atom. The first-order valence-corrected chi connectivity index (χ1v) is 7.69. The molecule has 3 heteroatoms. The molecule has 0 radical (unpaired) electrons. The van der Waals surface area contributed by atoms with Gasteiger partial charge in [-0.05, 0) is 41.5 Å². The average molecular weight is 287 g/mol. The third kappa shape index (κ3) is 2.82. The third-order valence-corrected chi connectivity index (χ3v) is 3.96. The van der Waals surface area contributed by atoms with Crippen LogP contribution >= 0.6 is 0 Å². The number of rotatable bonds is 4. The molecule has 21 heavy (non-hydrogen) atoms. The van der Waals surface area contributed by atoms with Crippen molar-refractivity contribution in [3.63, 3.8) is 0 Å². The quantitative estimate of drug-likeness (QED) is 0.892. The second-order valence-electron chi connectivity index (χ2n) is 6.68. The number of aryl methyl sites for hydroxylation is 2. The number of carboxylic acid groups (broad SMARTS) is 1. The van der Waals surface area contributed by atoms with E-state index in [1.165, 1.54) is 11.1 Å². The topological polar surface area (TPSA) is 42.2 Å². The molecule has 0 aliphatic heterocycles. The van der Waals surface area contributed by atoms with Crippen LogP contribution in [0.2, 0.25) is 0 Å². The molecule has 0 unspecified atom stereocenters. The number of hydrogen-bond acceptors (Lipinski definition) is 1. The summed E-state index contributed by atoms with van der Waals surface area (Å²) < 4.78 is 2.29. The van der Waals surface area contributed by atoms with Crippen LogP contribution in [0.4, 0.5) is 0 Å². The van der Waals surface area contributed by atoms with Crippen LogP contribution in [-0.4, -0.2) is 15.6 Å². The number of carbonyl (C=O) groups is 1. The van der Waals surface area contributed by atoms with E-state index in [1.807, 2.05) is 12.1 Å². The molecule has 114 valence electrons. The van der Waals surface area contributed by atoms with Crippen LogP contribution in [-0.2, 0) is 18.4 Å². The third-order valence-electron chi connectivity index (χ3n) is 3.96. The van der Waals surface area contributed by atoms with Crippen LogP contribution < -0.4 is 0 Å². The fourth-order valence-corrected chi connectivity index (χ4v) is 2.91. The zero-order chi connectivity index (χ0) is 15.8. The lowest BCUT2D eigenvalue weighted by molar-refractivity contribution is 0.0697. The van der Waals surface area contributed by atoms with Gasteiger partial charge in [0.1, 0.15) is 0 Å². The van der Waals surface area contributed by atoms with E-state index in [9.17, 15) is 9.90 Å². The van der Waals surface area contributed by atoms with E-state index >= 15 is 0 Å². The summed E-state index contributed by atoms with van der Waals surface area (Å²) in [6, 6.07) is 3.67. The Bertz CT molecular complexity index is 675. The van der Waals surface area contributed by atoms with Crippen LogP contribution in [0.15, 0.2) is 18.3 Å². The Morgan fingerprint density at radius 2 is 1.90 bits per heavy atom. The second-order valence-corrected chi connectivity index (χ2v) is 6.68. The van der Waals surface area contributed by atoms with Gasteiger partial charge in [-0.25, -0.2) is 4.79 Å². The summed E-state index contributed by atoms with van der Waals surface area (Å²) in [7, 11) is 0. The van der Waals surface area contributed by atoms with E-state index in [1.54, 1.807) is 0 Å². The van der Waals surface area contributed by atoms with E-state index in [0.29, 0.717) is 5.56 Å². The lowest BCUT2D eigenvalue weighted by Crippen LogP contribution is -2.15. The molecule has 1 aromatic heterocycles. The minimum atomic E-state index is -0.854. The molecule has 0 amide bonds. The van der Waals surface area contributed by atoms with E-state index < -0.39 is 5.97 Å². The van der Waals surface area contributed by atoms with Crippen molar-refractivity contribution in [2.24, 2.45) is 0 Å². The van der Waals surface area contributed by atoms with Crippen molar-refractivity contribution in [1.82, 2.24) is 4.57 Å². The standard InChI is InChI=1S/C18H25NO2/c1-6-8-19-11-12(7-2)14-9-13(17(20)21)10-15(16(14)19)18(3,4)5/h9-11H,6-8H2,1-5H3,(H,20,21). The Hall–Kier alpha value is -1.77. The summed E-state index contributed by atoms with van der Waals surface area (Å²) in [6.45, 7) is 11.7. The van der Waals surface area contributed by atoms with Crippen LogP contribution in [0.1, 0.15) is 62.5 Å². The van der Waals surface area contributed by atoms with Gasteiger partial charge in [0, 0.05) is 18.1 Å². The lowest BCUT2D eigenvalue weighted by Gasteiger charge is -2.22. The monoisotopic (exact) mass is 287 g/mol. The smallest absolute Gasteiger partial charge is 0.335 e. The highest BCUT2D eigenvalue weighted by atomic mass is 16.4. The molecule has 0 saturated carbocycles. The van der Waals surface area contributed by atoms with Crippen molar-refractivity contribution in [2.45, 2.75) is 59.4 Å². The van der Waals surface area contributed by atoms with E-state index in [0.717, 1.165) is 30.3 Å². The number of aromatic carboxylic acids is 1. The van der Waals surface area contributed by atoms with Crippen LogP contribution in [0.25, 0.3) is 10.9 Å². The summed E-state index contributed by atoms with van der Waals surface area (Å²) in [5, 5.41) is 10.5. The highest BCUT2D eigenvalue weighted by Crippen LogP contribution is 2.34. The normalized spacial score (nSPS) is 12.0. The fourth-order valence-electron chi connectivity index (χ4n) is 2.91. The Labute approximate surface area is 126 Å². The minimum Gasteiger partial charge on any atom is -0.478 e. The lowest BCUT2D eigenvalue weighted by atomic mass is 9.84. The molecular formula is C18H25NO2. The number of aromatic nitrogens is 1. The molecule has 0 atom stereocenters. The molecule has 0 spiro atoms. The maximum Gasteiger partial charge on any atom is 0.335 e. The minimum absolute atomic E-state index is 0.0848. The number of fused-ring (bicyclic) bond motifs is 1. The number of carboxylic acids is 1. The molecule has 0 aliphatic rings. The van der Waals surface area contributed by atoms with Crippen LogP contribution in [0.3, 0.4) is 0 Å². The average Bonchev–Trinajstić information content (AvgIpc) is 2.75. The summed E-state index contributed by atoms with van der Waals surface area (Å²) >= 11 is 0. The molecule has 2 aromatic rings. The largest absolute Gasteiger partial charge is 0.478 e. The van der Waals surface area contributed by atoms with Gasteiger partial charge < -0.3 is 9.67 Å². The Morgan fingerprint density at radius 3 is 2.38 bits per heavy atom. The van der Waals surface area contributed by atoms with E-state index in [2.05, 4.69) is 45.4 Å². The maximum absolute atomic E-state index is 11.4. The van der Waals surface area contributed by atoms with Crippen LogP contribution in [0, 0.1) is 0 Å². The van der Waals surface area contributed by atoms with Crippen molar-refractivity contribution < 1.29 is 9.90 Å². The summed E-state index contributed by atoms with van der Waals surface area (Å²) in [4.78, 5) is 11.4. The molecule has 1 aromatic carbocycles. The first kappa shape index (κ1) is 15.6. The molecule has 0 aliphatic carbocycles. The van der Waals surface area contributed by atoms with Gasteiger partial charge in [-0.1, -0.05) is 34.6 Å². The molecule has 1 N–H and O–H groups in total. The van der Waals surface area contributed by atoms with Gasteiger partial charge in [0.15, 0.2) is 0 Å². The van der Waals surface area contributed by atoms with Gasteiger partial charge in [-0.15, -0.1) is 0 Å². The van der Waals surface area contributed by atoms with E-state index in [4.69, 9.17) is 0 Å². The Balaban J connectivity index is 2.89. The van der Waals surface area contributed by atoms with Gasteiger partial charge in [0.2, 0.25) is 0 Å². The highest BCUT2D eigenvalue weighted by molar-refractivity contribution is 5.97. The molecule has 0 fully saturated rings. The molecule has 0 saturated heterocycles. The van der Waals surface area contributed by atoms with Crippen molar-refractivity contribution in [3.05, 3.63) is 35.0 Å². The zero-order valence-electron chi connectivity index (χ0n) is 13.7. The van der Waals surface area contributed by atoms with Crippen molar-refractivity contribution in [2.75, 3.05) is 0 Å². The molecule has 0 bridgehead atoms.